The minimum absolute atomic E-state index is 0.135. The Morgan fingerprint density at radius 1 is 1.18 bits per heavy atom. The Morgan fingerprint density at radius 3 is 2.32 bits per heavy atom. The fourth-order valence-electron chi connectivity index (χ4n) is 2.76. The van der Waals surface area contributed by atoms with Crippen molar-refractivity contribution in [1.82, 2.24) is 5.32 Å². The average Bonchev–Trinajstić information content (AvgIpc) is 3.02. The van der Waals surface area contributed by atoms with E-state index in [9.17, 15) is 18.0 Å². The minimum atomic E-state index is -4.94. The summed E-state index contributed by atoms with van der Waals surface area (Å²) in [6.45, 7) is 7.10. The van der Waals surface area contributed by atoms with Crippen molar-refractivity contribution in [3.8, 4) is 5.75 Å². The lowest BCUT2D eigenvalue weighted by atomic mass is 9.78. The highest BCUT2D eigenvalue weighted by atomic mass is 19.4. The highest BCUT2D eigenvalue weighted by Crippen LogP contribution is 2.38. The van der Waals surface area contributed by atoms with E-state index < -0.39 is 36.5 Å². The van der Waals surface area contributed by atoms with Crippen molar-refractivity contribution in [2.75, 3.05) is 0 Å². The van der Waals surface area contributed by atoms with Gasteiger partial charge >= 0.3 is 19.6 Å². The second-order valence-corrected chi connectivity index (χ2v) is 7.44. The van der Waals surface area contributed by atoms with Gasteiger partial charge in [0, 0.05) is 5.39 Å². The molecular formula is C17H19BF3NO6. The van der Waals surface area contributed by atoms with Crippen LogP contribution in [0.5, 0.6) is 5.75 Å². The minimum Gasteiger partial charge on any atom is -0.465 e. The number of carboxylic acid groups (broad SMARTS) is 1. The average molecular weight is 401 g/mol. The van der Waals surface area contributed by atoms with Gasteiger partial charge in [-0.05, 0) is 45.3 Å². The van der Waals surface area contributed by atoms with Crippen LogP contribution in [0.4, 0.5) is 18.0 Å². The molecule has 0 atom stereocenters. The van der Waals surface area contributed by atoms with Crippen molar-refractivity contribution in [2.24, 2.45) is 0 Å². The molecule has 28 heavy (non-hydrogen) atoms. The van der Waals surface area contributed by atoms with E-state index in [4.69, 9.17) is 18.8 Å². The number of ether oxygens (including phenoxy) is 1. The monoisotopic (exact) mass is 401 g/mol. The molecule has 1 saturated heterocycles. The van der Waals surface area contributed by atoms with Crippen molar-refractivity contribution >= 4 is 29.6 Å². The number of furan rings is 1. The van der Waals surface area contributed by atoms with Crippen LogP contribution < -0.4 is 15.5 Å². The normalized spacial score (nSPS) is 18.5. The van der Waals surface area contributed by atoms with Gasteiger partial charge in [0.25, 0.3) is 0 Å². The molecule has 152 valence electrons. The van der Waals surface area contributed by atoms with Crippen LogP contribution in [-0.2, 0) is 15.9 Å². The van der Waals surface area contributed by atoms with Gasteiger partial charge in [-0.3, -0.25) is 0 Å². The molecule has 0 unspecified atom stereocenters. The molecule has 1 aromatic carbocycles. The van der Waals surface area contributed by atoms with Crippen LogP contribution in [0, 0.1) is 0 Å². The van der Waals surface area contributed by atoms with E-state index in [1.807, 2.05) is 27.7 Å². The third kappa shape index (κ3) is 4.05. The Kier molecular flexibility index (Phi) is 4.79. The zero-order valence-electron chi connectivity index (χ0n) is 15.6. The molecule has 1 aromatic heterocycles. The third-order valence-corrected chi connectivity index (χ3v) is 4.82. The number of fused-ring (bicyclic) bond motifs is 1. The SMILES string of the molecule is CC1(C)OB(c2cc(OC(F)(F)F)c3oc(CNC(=O)O)cc3c2)OC1(C)C. The van der Waals surface area contributed by atoms with E-state index in [-0.39, 0.29) is 17.9 Å². The highest BCUT2D eigenvalue weighted by Gasteiger charge is 2.52. The lowest BCUT2D eigenvalue weighted by Gasteiger charge is -2.32. The maximum atomic E-state index is 12.9. The molecule has 0 radical (unpaired) electrons. The quantitative estimate of drug-likeness (QED) is 0.764. The van der Waals surface area contributed by atoms with Crippen LogP contribution in [0.15, 0.2) is 22.6 Å². The van der Waals surface area contributed by atoms with Gasteiger partial charge in [-0.2, -0.15) is 0 Å². The van der Waals surface area contributed by atoms with Gasteiger partial charge in [-0.15, -0.1) is 13.2 Å². The van der Waals surface area contributed by atoms with Crippen molar-refractivity contribution in [3.63, 3.8) is 0 Å². The smallest absolute Gasteiger partial charge is 0.465 e. The number of carbonyl (C=O) groups is 1. The van der Waals surface area contributed by atoms with Crippen molar-refractivity contribution in [1.29, 1.82) is 0 Å². The first kappa shape index (κ1) is 20.3. The molecular weight excluding hydrogens is 382 g/mol. The number of nitrogens with one attached hydrogen (secondary N) is 1. The molecule has 0 saturated carbocycles. The molecule has 0 aliphatic carbocycles. The van der Waals surface area contributed by atoms with Gasteiger partial charge in [-0.1, -0.05) is 6.07 Å². The molecule has 2 aromatic rings. The van der Waals surface area contributed by atoms with Crippen LogP contribution in [0.1, 0.15) is 33.5 Å². The second kappa shape index (κ2) is 6.59. The van der Waals surface area contributed by atoms with Gasteiger partial charge in [0.1, 0.15) is 5.76 Å². The third-order valence-electron chi connectivity index (χ3n) is 4.82. The molecule has 1 aliphatic heterocycles. The Morgan fingerprint density at radius 2 is 1.79 bits per heavy atom. The Hall–Kier alpha value is -2.40. The fraction of sp³-hybridized carbons (Fsp3) is 0.471. The van der Waals surface area contributed by atoms with Gasteiger partial charge in [0.05, 0.1) is 17.7 Å². The summed E-state index contributed by atoms with van der Waals surface area (Å²) < 4.78 is 59.9. The maximum absolute atomic E-state index is 12.9. The van der Waals surface area contributed by atoms with Crippen molar-refractivity contribution in [2.45, 2.75) is 51.8 Å². The van der Waals surface area contributed by atoms with E-state index >= 15 is 0 Å². The summed E-state index contributed by atoms with van der Waals surface area (Å²) in [5, 5.41) is 11.1. The number of amides is 1. The summed E-state index contributed by atoms with van der Waals surface area (Å²) in [7, 11) is -0.902. The Labute approximate surface area is 158 Å². The predicted octanol–water partition coefficient (Wildman–Crippen LogP) is 3.40. The first-order chi connectivity index (χ1) is 12.8. The largest absolute Gasteiger partial charge is 0.573 e. The van der Waals surface area contributed by atoms with Crippen LogP contribution in [0.3, 0.4) is 0 Å². The highest BCUT2D eigenvalue weighted by molar-refractivity contribution is 6.62. The van der Waals surface area contributed by atoms with Crippen molar-refractivity contribution in [3.05, 3.63) is 24.0 Å². The summed E-state index contributed by atoms with van der Waals surface area (Å²) in [5.41, 5.74) is -1.18. The van der Waals surface area contributed by atoms with Crippen LogP contribution in [0.2, 0.25) is 0 Å². The number of hydrogen-bond donors (Lipinski definition) is 2. The van der Waals surface area contributed by atoms with Gasteiger partial charge < -0.3 is 28.9 Å². The molecule has 11 heteroatoms. The fourth-order valence-corrected chi connectivity index (χ4v) is 2.76. The number of alkyl halides is 3. The molecule has 0 bridgehead atoms. The Bertz CT molecular complexity index is 892. The van der Waals surface area contributed by atoms with Gasteiger partial charge in [0.15, 0.2) is 11.3 Å². The molecule has 1 fully saturated rings. The van der Waals surface area contributed by atoms with Crippen molar-refractivity contribution < 1.29 is 41.5 Å². The number of hydrogen-bond acceptors (Lipinski definition) is 5. The second-order valence-electron chi connectivity index (χ2n) is 7.44. The van der Waals surface area contributed by atoms with Crippen LogP contribution in [-0.4, -0.2) is 35.9 Å². The summed E-state index contributed by atoms with van der Waals surface area (Å²) in [6.07, 6.45) is -6.22. The van der Waals surface area contributed by atoms with E-state index in [1.165, 1.54) is 6.07 Å². The summed E-state index contributed by atoms with van der Waals surface area (Å²) in [5.74, 6) is -0.424. The maximum Gasteiger partial charge on any atom is 0.573 e. The zero-order chi connectivity index (χ0) is 20.9. The zero-order valence-corrected chi connectivity index (χ0v) is 15.6. The van der Waals surface area contributed by atoms with Crippen LogP contribution in [0.25, 0.3) is 11.0 Å². The number of benzene rings is 1. The van der Waals surface area contributed by atoms with E-state index in [0.29, 0.717) is 10.8 Å². The molecule has 1 amide bonds. The molecule has 3 rings (SSSR count). The summed E-state index contributed by atoms with van der Waals surface area (Å²) in [6, 6.07) is 4.15. The standard InChI is InChI=1S/C17H19BF3NO6/c1-15(2)16(3,4)28-18(27-15)10-5-9-6-11(8-22-14(23)24)25-13(9)12(7-10)26-17(19,20)21/h5-7,22H,8H2,1-4H3,(H,23,24). The number of halogens is 3. The first-order valence-corrected chi connectivity index (χ1v) is 8.42. The molecule has 2 heterocycles. The topological polar surface area (TPSA) is 90.2 Å². The molecule has 7 nitrogen and oxygen atoms in total. The lowest BCUT2D eigenvalue weighted by Crippen LogP contribution is -2.41. The molecule has 1 aliphatic rings. The summed E-state index contributed by atoms with van der Waals surface area (Å²) in [4.78, 5) is 10.6. The molecule has 0 spiro atoms. The Balaban J connectivity index is 2.03. The summed E-state index contributed by atoms with van der Waals surface area (Å²) >= 11 is 0. The molecule has 2 N–H and O–H groups in total. The number of rotatable bonds is 4. The first-order valence-electron chi connectivity index (χ1n) is 8.42. The lowest BCUT2D eigenvalue weighted by molar-refractivity contribution is -0.274. The van der Waals surface area contributed by atoms with E-state index in [1.54, 1.807) is 6.07 Å². The van der Waals surface area contributed by atoms with Gasteiger partial charge in [0.2, 0.25) is 0 Å². The van der Waals surface area contributed by atoms with E-state index in [0.717, 1.165) is 6.07 Å². The van der Waals surface area contributed by atoms with Crippen LogP contribution >= 0.6 is 0 Å². The van der Waals surface area contributed by atoms with Gasteiger partial charge in [-0.25, -0.2) is 4.79 Å². The predicted molar refractivity (Wildman–Crippen MR) is 93.5 cm³/mol. The van der Waals surface area contributed by atoms with E-state index in [2.05, 4.69) is 10.1 Å².